The van der Waals surface area contributed by atoms with E-state index in [1.54, 1.807) is 0 Å². The molecule has 1 aliphatic carbocycles. The Bertz CT molecular complexity index is 109. The van der Waals surface area contributed by atoms with Crippen molar-refractivity contribution in [2.45, 2.75) is 45.1 Å². The van der Waals surface area contributed by atoms with E-state index in [0.717, 1.165) is 11.5 Å². The third-order valence-corrected chi connectivity index (χ3v) is 3.56. The average molecular weight is 139 g/mol. The van der Waals surface area contributed by atoms with Crippen molar-refractivity contribution in [2.75, 3.05) is 6.54 Å². The first-order valence-corrected chi connectivity index (χ1v) is 4.58. The average Bonchev–Trinajstić information content (AvgIpc) is 2.08. The Morgan fingerprint density at radius 1 is 1.40 bits per heavy atom. The molecule has 0 aromatic carbocycles. The zero-order valence-electron chi connectivity index (χ0n) is 6.82. The summed E-state index contributed by atoms with van der Waals surface area (Å²) in [6.07, 6.45) is 7.23. The van der Waals surface area contributed by atoms with Gasteiger partial charge >= 0.3 is 0 Å². The van der Waals surface area contributed by atoms with Crippen molar-refractivity contribution in [1.29, 1.82) is 0 Å². The van der Waals surface area contributed by atoms with Gasteiger partial charge in [-0.15, -0.1) is 0 Å². The quantitative estimate of drug-likeness (QED) is 0.585. The summed E-state index contributed by atoms with van der Waals surface area (Å²) in [7, 11) is 0. The van der Waals surface area contributed by atoms with E-state index in [2.05, 4.69) is 12.2 Å². The van der Waals surface area contributed by atoms with Gasteiger partial charge in [-0.1, -0.05) is 6.92 Å². The third-order valence-electron chi connectivity index (χ3n) is 3.56. The minimum atomic E-state index is 0.717. The van der Waals surface area contributed by atoms with Gasteiger partial charge in [-0.2, -0.15) is 0 Å². The molecule has 0 atom stereocenters. The van der Waals surface area contributed by atoms with E-state index >= 15 is 0 Å². The molecule has 0 aromatic rings. The zero-order valence-corrected chi connectivity index (χ0v) is 6.82. The predicted molar refractivity (Wildman–Crippen MR) is 43.0 cm³/mol. The van der Waals surface area contributed by atoms with Crippen LogP contribution in [0, 0.1) is 5.41 Å². The fourth-order valence-electron chi connectivity index (χ4n) is 2.45. The summed E-state index contributed by atoms with van der Waals surface area (Å²) < 4.78 is 0. The number of piperidine rings is 2. The van der Waals surface area contributed by atoms with Gasteiger partial charge in [0.15, 0.2) is 0 Å². The summed E-state index contributed by atoms with van der Waals surface area (Å²) in [5.41, 5.74) is 0.717. The molecular weight excluding hydrogens is 122 g/mol. The molecule has 1 heteroatoms. The van der Waals surface area contributed by atoms with Crippen LogP contribution in [-0.4, -0.2) is 12.6 Å². The molecule has 0 unspecified atom stereocenters. The maximum Gasteiger partial charge on any atom is 0.00677 e. The van der Waals surface area contributed by atoms with Crippen LogP contribution in [0.15, 0.2) is 0 Å². The maximum absolute atomic E-state index is 3.61. The minimum Gasteiger partial charge on any atom is -0.313 e. The first-order valence-electron chi connectivity index (χ1n) is 4.58. The largest absolute Gasteiger partial charge is 0.313 e. The van der Waals surface area contributed by atoms with Crippen molar-refractivity contribution in [3.63, 3.8) is 0 Å². The molecule has 1 N–H and O–H groups in total. The predicted octanol–water partition coefficient (Wildman–Crippen LogP) is 1.93. The summed E-state index contributed by atoms with van der Waals surface area (Å²) in [5, 5.41) is 3.61. The Balaban J connectivity index is 2.08. The highest BCUT2D eigenvalue weighted by Crippen LogP contribution is 2.42. The Morgan fingerprint density at radius 2 is 2.10 bits per heavy atom. The number of rotatable bonds is 1. The van der Waals surface area contributed by atoms with Crippen LogP contribution < -0.4 is 5.32 Å². The fourth-order valence-corrected chi connectivity index (χ4v) is 2.45. The van der Waals surface area contributed by atoms with E-state index in [-0.39, 0.29) is 0 Å². The van der Waals surface area contributed by atoms with Gasteiger partial charge in [-0.3, -0.25) is 0 Å². The first kappa shape index (κ1) is 6.66. The lowest BCUT2D eigenvalue weighted by atomic mass is 9.67. The summed E-state index contributed by atoms with van der Waals surface area (Å²) >= 11 is 0. The number of hydrogen-bond acceptors (Lipinski definition) is 1. The van der Waals surface area contributed by atoms with E-state index < -0.39 is 0 Å². The van der Waals surface area contributed by atoms with Crippen LogP contribution in [0.4, 0.5) is 0 Å². The Labute approximate surface area is 63.2 Å². The molecule has 3 fully saturated rings. The maximum atomic E-state index is 3.61. The molecule has 2 heterocycles. The molecule has 2 aliphatic heterocycles. The molecule has 10 heavy (non-hydrogen) atoms. The summed E-state index contributed by atoms with van der Waals surface area (Å²) in [6.45, 7) is 3.64. The number of hydrogen-bond donors (Lipinski definition) is 1. The van der Waals surface area contributed by atoms with Crippen LogP contribution in [0.5, 0.6) is 0 Å². The van der Waals surface area contributed by atoms with Crippen LogP contribution in [0.2, 0.25) is 0 Å². The van der Waals surface area contributed by atoms with Crippen molar-refractivity contribution in [3.05, 3.63) is 0 Å². The molecule has 3 aliphatic rings. The van der Waals surface area contributed by atoms with Gasteiger partial charge in [0.25, 0.3) is 0 Å². The lowest BCUT2D eigenvalue weighted by Crippen LogP contribution is -2.51. The highest BCUT2D eigenvalue weighted by atomic mass is 15.0. The van der Waals surface area contributed by atoms with Gasteiger partial charge in [0.1, 0.15) is 0 Å². The fraction of sp³-hybridized carbons (Fsp3) is 1.00. The molecule has 0 aromatic heterocycles. The van der Waals surface area contributed by atoms with Crippen molar-refractivity contribution >= 4 is 0 Å². The molecule has 1 nitrogen and oxygen atoms in total. The normalized spacial score (nSPS) is 45.9. The first-order chi connectivity index (χ1) is 4.85. The molecule has 0 radical (unpaired) electrons. The van der Waals surface area contributed by atoms with Crippen LogP contribution in [-0.2, 0) is 0 Å². The molecule has 0 amide bonds. The van der Waals surface area contributed by atoms with Crippen molar-refractivity contribution in [3.8, 4) is 0 Å². The van der Waals surface area contributed by atoms with Gasteiger partial charge in [-0.25, -0.2) is 0 Å². The van der Waals surface area contributed by atoms with E-state index in [1.807, 2.05) is 0 Å². The molecular formula is C9H17N. The number of fused-ring (bicyclic) bond motifs is 3. The molecule has 1 saturated carbocycles. The molecule has 2 bridgehead atoms. The van der Waals surface area contributed by atoms with E-state index in [1.165, 1.54) is 38.6 Å². The van der Waals surface area contributed by atoms with Gasteiger partial charge in [0.2, 0.25) is 0 Å². The second kappa shape index (κ2) is 2.23. The van der Waals surface area contributed by atoms with Gasteiger partial charge < -0.3 is 5.32 Å². The highest BCUT2D eigenvalue weighted by Gasteiger charge is 2.38. The molecule has 2 saturated heterocycles. The zero-order chi connectivity index (χ0) is 7.03. The van der Waals surface area contributed by atoms with Crippen molar-refractivity contribution in [1.82, 2.24) is 5.32 Å². The van der Waals surface area contributed by atoms with Crippen molar-refractivity contribution in [2.24, 2.45) is 5.41 Å². The van der Waals surface area contributed by atoms with Crippen molar-refractivity contribution < 1.29 is 0 Å². The van der Waals surface area contributed by atoms with Gasteiger partial charge in [-0.05, 0) is 37.5 Å². The molecule has 0 spiro atoms. The summed E-state index contributed by atoms with van der Waals surface area (Å²) in [5.74, 6) is 0. The third kappa shape index (κ3) is 0.878. The summed E-state index contributed by atoms with van der Waals surface area (Å²) in [4.78, 5) is 0. The Morgan fingerprint density at radius 3 is 2.40 bits per heavy atom. The van der Waals surface area contributed by atoms with Gasteiger partial charge in [0, 0.05) is 12.6 Å². The van der Waals surface area contributed by atoms with Crippen LogP contribution in [0.1, 0.15) is 39.0 Å². The summed E-state index contributed by atoms with van der Waals surface area (Å²) in [6, 6.07) is 0.883. The van der Waals surface area contributed by atoms with Crippen LogP contribution in [0.25, 0.3) is 0 Å². The molecule has 58 valence electrons. The monoisotopic (exact) mass is 139 g/mol. The Hall–Kier alpha value is -0.0400. The lowest BCUT2D eigenvalue weighted by molar-refractivity contribution is 0.0919. The Kier molecular flexibility index (Phi) is 1.48. The SMILES string of the molecule is CCC12CCC(CC1)NC2. The molecule has 3 rings (SSSR count). The standard InChI is InChI=1S/C9H17N/c1-2-9-5-3-8(4-6-9)10-7-9/h8,10H,2-7H2,1H3. The van der Waals surface area contributed by atoms with E-state index in [4.69, 9.17) is 0 Å². The van der Waals surface area contributed by atoms with E-state index in [0.29, 0.717) is 0 Å². The smallest absolute Gasteiger partial charge is 0.00677 e. The lowest BCUT2D eigenvalue weighted by Gasteiger charge is -2.46. The highest BCUT2D eigenvalue weighted by molar-refractivity contribution is 4.94. The van der Waals surface area contributed by atoms with Gasteiger partial charge in [0.05, 0.1) is 0 Å². The minimum absolute atomic E-state index is 0.717. The second-order valence-electron chi connectivity index (χ2n) is 4.01. The second-order valence-corrected chi connectivity index (χ2v) is 4.01. The topological polar surface area (TPSA) is 12.0 Å². The van der Waals surface area contributed by atoms with Crippen LogP contribution in [0.3, 0.4) is 0 Å². The van der Waals surface area contributed by atoms with E-state index in [9.17, 15) is 0 Å². The number of nitrogens with one attached hydrogen (secondary N) is 1. The van der Waals surface area contributed by atoms with Crippen LogP contribution >= 0.6 is 0 Å².